The van der Waals surface area contributed by atoms with Crippen molar-refractivity contribution >= 4 is 17.5 Å². The molecule has 0 spiro atoms. The normalized spacial score (nSPS) is 23.7. The van der Waals surface area contributed by atoms with E-state index in [2.05, 4.69) is 18.7 Å². The van der Waals surface area contributed by atoms with E-state index >= 15 is 0 Å². The van der Waals surface area contributed by atoms with E-state index in [1.54, 1.807) is 0 Å². The highest BCUT2D eigenvalue weighted by Crippen LogP contribution is 2.54. The van der Waals surface area contributed by atoms with Crippen molar-refractivity contribution in [2.75, 3.05) is 14.2 Å². The molecule has 0 N–H and O–H groups in total. The van der Waals surface area contributed by atoms with Crippen molar-refractivity contribution in [2.45, 2.75) is 44.9 Å². The van der Waals surface area contributed by atoms with E-state index in [0.717, 1.165) is 12.8 Å². The molecule has 28 heavy (non-hydrogen) atoms. The number of allylic oxidation sites excluding steroid dienone is 3. The largest absolute Gasteiger partial charge is 0.468 e. The minimum absolute atomic E-state index is 0.0165. The third-order valence-corrected chi connectivity index (χ3v) is 6.42. The van der Waals surface area contributed by atoms with Crippen LogP contribution in [0, 0.1) is 17.3 Å². The second-order valence-electron chi connectivity index (χ2n) is 7.92. The Labute approximate surface area is 167 Å². The number of esters is 2. The second-order valence-corrected chi connectivity index (χ2v) is 7.92. The topological polar surface area (TPSA) is 52.6 Å². The van der Waals surface area contributed by atoms with Crippen LogP contribution in [0.4, 0.5) is 0 Å². The standard InChI is InChI=1S/C24H30O4/c1-4-17-15-24(22(25)27-2,23(26)28-3)16-20(17)21(18-11-7-5-8-12-18)19-13-9-6-10-14-19/h4-5,7-8,11-12,17,20H,1,6,9-10,13-16H2,2-3H3/t17-,20+/m1/s1. The van der Waals surface area contributed by atoms with E-state index in [4.69, 9.17) is 9.47 Å². The SMILES string of the molecule is C=C[C@@H]1CC(C(=O)OC)(C(=O)OC)C[C@@H]1C(=C1CCCCC1)c1ccccc1. The molecule has 0 heterocycles. The van der Waals surface area contributed by atoms with Gasteiger partial charge in [0.15, 0.2) is 5.41 Å². The van der Waals surface area contributed by atoms with Crippen LogP contribution in [0.25, 0.3) is 5.57 Å². The summed E-state index contributed by atoms with van der Waals surface area (Å²) in [6, 6.07) is 10.4. The van der Waals surface area contributed by atoms with Crippen molar-refractivity contribution < 1.29 is 19.1 Å². The minimum atomic E-state index is -1.26. The molecule has 0 radical (unpaired) electrons. The van der Waals surface area contributed by atoms with Gasteiger partial charge in [0.25, 0.3) is 0 Å². The number of ether oxygens (including phenoxy) is 2. The maximum Gasteiger partial charge on any atom is 0.323 e. The lowest BCUT2D eigenvalue weighted by atomic mass is 9.77. The molecular formula is C24H30O4. The first-order chi connectivity index (χ1) is 13.6. The smallest absolute Gasteiger partial charge is 0.323 e. The average Bonchev–Trinajstić information content (AvgIpc) is 3.15. The average molecular weight is 383 g/mol. The van der Waals surface area contributed by atoms with Crippen LogP contribution in [0.3, 0.4) is 0 Å². The summed E-state index contributed by atoms with van der Waals surface area (Å²) in [6.45, 7) is 4.02. The zero-order valence-electron chi connectivity index (χ0n) is 16.9. The van der Waals surface area contributed by atoms with Crippen LogP contribution in [0.2, 0.25) is 0 Å². The molecule has 1 aromatic carbocycles. The van der Waals surface area contributed by atoms with Crippen molar-refractivity contribution in [1.29, 1.82) is 0 Å². The Morgan fingerprint density at radius 1 is 1.00 bits per heavy atom. The van der Waals surface area contributed by atoms with Crippen LogP contribution in [0.5, 0.6) is 0 Å². The van der Waals surface area contributed by atoms with Crippen LogP contribution < -0.4 is 0 Å². The molecule has 2 aliphatic rings. The molecule has 150 valence electrons. The highest BCUT2D eigenvalue weighted by molar-refractivity contribution is 6.01. The molecule has 0 unspecified atom stereocenters. The fraction of sp³-hybridized carbons (Fsp3) is 0.500. The molecule has 2 atom stereocenters. The zero-order chi connectivity index (χ0) is 20.1. The van der Waals surface area contributed by atoms with Crippen molar-refractivity contribution in [3.8, 4) is 0 Å². The summed E-state index contributed by atoms with van der Waals surface area (Å²) in [7, 11) is 2.67. The predicted octanol–water partition coefficient (Wildman–Crippen LogP) is 4.95. The van der Waals surface area contributed by atoms with Gasteiger partial charge >= 0.3 is 11.9 Å². The Hall–Kier alpha value is -2.36. The summed E-state index contributed by atoms with van der Waals surface area (Å²) in [5.74, 6) is -0.946. The van der Waals surface area contributed by atoms with Crippen molar-refractivity contribution in [3.63, 3.8) is 0 Å². The summed E-state index contributed by atoms with van der Waals surface area (Å²) in [6.07, 6.45) is 8.47. The van der Waals surface area contributed by atoms with Gasteiger partial charge < -0.3 is 9.47 Å². The van der Waals surface area contributed by atoms with E-state index in [9.17, 15) is 9.59 Å². The Morgan fingerprint density at radius 2 is 1.61 bits per heavy atom. The number of carbonyl (C=O) groups excluding carboxylic acids is 2. The lowest BCUT2D eigenvalue weighted by Gasteiger charge is -2.27. The van der Waals surface area contributed by atoms with Crippen LogP contribution in [0.15, 0.2) is 48.6 Å². The number of rotatable bonds is 5. The Bertz CT molecular complexity index is 738. The van der Waals surface area contributed by atoms with E-state index in [1.807, 2.05) is 24.3 Å². The first-order valence-corrected chi connectivity index (χ1v) is 10.1. The second kappa shape index (κ2) is 8.76. The molecule has 3 rings (SSSR count). The number of carbonyl (C=O) groups is 2. The maximum absolute atomic E-state index is 12.7. The molecule has 0 aliphatic heterocycles. The Kier molecular flexibility index (Phi) is 6.38. The van der Waals surface area contributed by atoms with Gasteiger partial charge in [-0.2, -0.15) is 0 Å². The Morgan fingerprint density at radius 3 is 2.14 bits per heavy atom. The highest BCUT2D eigenvalue weighted by atomic mass is 16.5. The monoisotopic (exact) mass is 382 g/mol. The Balaban J connectivity index is 2.10. The lowest BCUT2D eigenvalue weighted by Crippen LogP contribution is -2.39. The molecule has 0 bridgehead atoms. The minimum Gasteiger partial charge on any atom is -0.468 e. The van der Waals surface area contributed by atoms with Crippen molar-refractivity contribution in [1.82, 2.24) is 0 Å². The van der Waals surface area contributed by atoms with Crippen LogP contribution in [-0.4, -0.2) is 26.2 Å². The van der Waals surface area contributed by atoms with Gasteiger partial charge in [0.2, 0.25) is 0 Å². The highest BCUT2D eigenvalue weighted by Gasteiger charge is 2.57. The first-order valence-electron chi connectivity index (χ1n) is 10.1. The van der Waals surface area contributed by atoms with Gasteiger partial charge in [-0.3, -0.25) is 9.59 Å². The summed E-state index contributed by atoms with van der Waals surface area (Å²) >= 11 is 0. The third kappa shape index (κ3) is 3.65. The lowest BCUT2D eigenvalue weighted by molar-refractivity contribution is -0.168. The fourth-order valence-electron chi connectivity index (χ4n) is 5.07. The molecule has 2 aliphatic carbocycles. The van der Waals surface area contributed by atoms with Gasteiger partial charge in [-0.05, 0) is 61.5 Å². The zero-order valence-corrected chi connectivity index (χ0v) is 16.9. The fourth-order valence-corrected chi connectivity index (χ4v) is 5.07. The van der Waals surface area contributed by atoms with Gasteiger partial charge in [0, 0.05) is 0 Å². The van der Waals surface area contributed by atoms with E-state index in [1.165, 1.54) is 50.2 Å². The number of hydrogen-bond acceptors (Lipinski definition) is 4. The van der Waals surface area contributed by atoms with Crippen molar-refractivity contribution in [2.24, 2.45) is 17.3 Å². The predicted molar refractivity (Wildman–Crippen MR) is 109 cm³/mol. The first kappa shape index (κ1) is 20.4. The molecule has 0 saturated heterocycles. The van der Waals surface area contributed by atoms with Crippen LogP contribution in [0.1, 0.15) is 50.5 Å². The third-order valence-electron chi connectivity index (χ3n) is 6.42. The summed E-state index contributed by atoms with van der Waals surface area (Å²) in [5.41, 5.74) is 2.67. The van der Waals surface area contributed by atoms with Gasteiger partial charge in [0.05, 0.1) is 14.2 Å². The number of benzene rings is 1. The van der Waals surface area contributed by atoms with Gasteiger partial charge in [-0.1, -0.05) is 48.4 Å². The summed E-state index contributed by atoms with van der Waals surface area (Å²) in [5, 5.41) is 0. The number of methoxy groups -OCH3 is 2. The molecule has 2 saturated carbocycles. The van der Waals surface area contributed by atoms with E-state index < -0.39 is 17.4 Å². The molecule has 4 heteroatoms. The molecule has 0 aromatic heterocycles. The summed E-state index contributed by atoms with van der Waals surface area (Å²) < 4.78 is 10.1. The molecule has 1 aromatic rings. The van der Waals surface area contributed by atoms with Gasteiger partial charge in [-0.15, -0.1) is 6.58 Å². The van der Waals surface area contributed by atoms with Crippen LogP contribution >= 0.6 is 0 Å². The maximum atomic E-state index is 12.7. The van der Waals surface area contributed by atoms with Crippen molar-refractivity contribution in [3.05, 3.63) is 54.1 Å². The van der Waals surface area contributed by atoms with E-state index in [-0.39, 0.29) is 11.8 Å². The van der Waals surface area contributed by atoms with Gasteiger partial charge in [0.1, 0.15) is 0 Å². The molecule has 4 nitrogen and oxygen atoms in total. The number of hydrogen-bond donors (Lipinski definition) is 0. The van der Waals surface area contributed by atoms with Crippen LogP contribution in [-0.2, 0) is 19.1 Å². The van der Waals surface area contributed by atoms with Gasteiger partial charge in [-0.25, -0.2) is 0 Å². The molecule has 0 amide bonds. The quantitative estimate of drug-likeness (QED) is 0.411. The molecular weight excluding hydrogens is 352 g/mol. The summed E-state index contributed by atoms with van der Waals surface area (Å²) in [4.78, 5) is 25.4. The molecule has 2 fully saturated rings. The van der Waals surface area contributed by atoms with E-state index in [0.29, 0.717) is 12.8 Å².